The van der Waals surface area contributed by atoms with E-state index in [9.17, 15) is 14.4 Å². The Balaban J connectivity index is 2.18. The molecule has 2 amide bonds. The predicted molar refractivity (Wildman–Crippen MR) is 94.6 cm³/mol. The summed E-state index contributed by atoms with van der Waals surface area (Å²) in [7, 11) is 0. The van der Waals surface area contributed by atoms with Gasteiger partial charge in [0.15, 0.2) is 4.77 Å². The molecule has 1 aromatic carbocycles. The number of aromatic nitrogens is 2. The Morgan fingerprint density at radius 1 is 1.21 bits per heavy atom. The van der Waals surface area contributed by atoms with Gasteiger partial charge in [-0.1, -0.05) is 6.92 Å². The molecule has 0 unspecified atom stereocenters. The van der Waals surface area contributed by atoms with Gasteiger partial charge in [0.2, 0.25) is 5.91 Å². The van der Waals surface area contributed by atoms with E-state index >= 15 is 0 Å². The molecule has 7 nitrogen and oxygen atoms in total. The summed E-state index contributed by atoms with van der Waals surface area (Å²) in [6, 6.07) is 3.99. The van der Waals surface area contributed by atoms with Crippen molar-refractivity contribution in [1.29, 1.82) is 0 Å². The highest BCUT2D eigenvalue weighted by Gasteiger charge is 2.18. The van der Waals surface area contributed by atoms with Gasteiger partial charge < -0.3 is 15.6 Å². The minimum absolute atomic E-state index is 0.0457. The summed E-state index contributed by atoms with van der Waals surface area (Å²) < 4.78 is 0.186. The van der Waals surface area contributed by atoms with E-state index in [4.69, 9.17) is 12.2 Å². The number of rotatable bonds is 5. The Morgan fingerprint density at radius 3 is 2.58 bits per heavy atom. The van der Waals surface area contributed by atoms with Gasteiger partial charge in [-0.15, -0.1) is 0 Å². The van der Waals surface area contributed by atoms with Crippen LogP contribution in [0, 0.1) is 4.77 Å². The summed E-state index contributed by atoms with van der Waals surface area (Å²) in [6.45, 7) is 5.49. The predicted octanol–water partition coefficient (Wildman–Crippen LogP) is 1.62. The third-order valence-corrected chi connectivity index (χ3v) is 3.95. The zero-order valence-electron chi connectivity index (χ0n) is 13.7. The molecule has 0 fully saturated rings. The van der Waals surface area contributed by atoms with Gasteiger partial charge in [0.05, 0.1) is 10.9 Å². The smallest absolute Gasteiger partial charge is 0.259 e. The third-order valence-electron chi connectivity index (χ3n) is 3.74. The fraction of sp³-hybridized carbons (Fsp3) is 0.375. The van der Waals surface area contributed by atoms with E-state index in [-0.39, 0.29) is 22.3 Å². The molecule has 0 radical (unpaired) electrons. The Hall–Kier alpha value is -2.48. The largest absolute Gasteiger partial charge is 0.352 e. The number of hydrogen-bond donors (Lipinski definition) is 4. The van der Waals surface area contributed by atoms with Gasteiger partial charge in [0.1, 0.15) is 6.04 Å². The van der Waals surface area contributed by atoms with Gasteiger partial charge in [-0.2, -0.15) is 0 Å². The number of H-pyrrole nitrogens is 2. The van der Waals surface area contributed by atoms with E-state index in [1.165, 1.54) is 18.2 Å². The highest BCUT2D eigenvalue weighted by Crippen LogP contribution is 2.10. The number of carbonyl (C=O) groups excluding carboxylic acids is 2. The molecule has 2 rings (SSSR count). The minimum atomic E-state index is -0.667. The van der Waals surface area contributed by atoms with E-state index in [0.29, 0.717) is 16.5 Å². The number of aromatic amines is 2. The fourth-order valence-corrected chi connectivity index (χ4v) is 2.33. The zero-order valence-corrected chi connectivity index (χ0v) is 14.5. The summed E-state index contributed by atoms with van der Waals surface area (Å²) in [5, 5.41) is 5.86. The molecule has 0 aliphatic rings. The second-order valence-electron chi connectivity index (χ2n) is 5.68. The Bertz CT molecular complexity index is 887. The number of fused-ring (bicyclic) bond motifs is 1. The fourth-order valence-electron chi connectivity index (χ4n) is 2.13. The standard InChI is InChI=1S/C16H20N4O3S/c1-4-8(2)17-13(21)9(3)18-14(22)10-5-6-11-12(7-10)19-16(24)20-15(11)23/h5-9H,4H2,1-3H3,(H,17,21)(H,18,22)(H2,19,20,23,24)/t8-,9+/m0/s1. The number of benzene rings is 1. The van der Waals surface area contributed by atoms with Crippen molar-refractivity contribution in [2.45, 2.75) is 39.3 Å². The average molecular weight is 348 g/mol. The van der Waals surface area contributed by atoms with Crippen LogP contribution in [0.4, 0.5) is 0 Å². The van der Waals surface area contributed by atoms with E-state index < -0.39 is 11.9 Å². The quantitative estimate of drug-likeness (QED) is 0.616. The molecule has 128 valence electrons. The monoisotopic (exact) mass is 348 g/mol. The van der Waals surface area contributed by atoms with Gasteiger partial charge in [-0.25, -0.2) is 0 Å². The van der Waals surface area contributed by atoms with E-state index in [1.54, 1.807) is 6.92 Å². The van der Waals surface area contributed by atoms with Crippen LogP contribution in [-0.4, -0.2) is 33.9 Å². The van der Waals surface area contributed by atoms with Gasteiger partial charge in [-0.3, -0.25) is 19.4 Å². The molecule has 0 saturated carbocycles. The summed E-state index contributed by atoms with van der Waals surface area (Å²) in [5.41, 5.74) is 0.483. The van der Waals surface area contributed by atoms with Crippen molar-refractivity contribution in [3.8, 4) is 0 Å². The van der Waals surface area contributed by atoms with Crippen LogP contribution in [0.25, 0.3) is 10.9 Å². The van der Waals surface area contributed by atoms with Crippen molar-refractivity contribution < 1.29 is 9.59 Å². The summed E-state index contributed by atoms with van der Waals surface area (Å²) >= 11 is 4.93. The molecule has 0 aliphatic carbocycles. The molecule has 2 atom stereocenters. The molecule has 8 heteroatoms. The lowest BCUT2D eigenvalue weighted by Gasteiger charge is -2.17. The van der Waals surface area contributed by atoms with Crippen LogP contribution < -0.4 is 16.2 Å². The topological polar surface area (TPSA) is 107 Å². The third kappa shape index (κ3) is 4.08. The molecule has 1 aromatic heterocycles. The maximum absolute atomic E-state index is 12.3. The lowest BCUT2D eigenvalue weighted by molar-refractivity contribution is -0.123. The van der Waals surface area contributed by atoms with Crippen molar-refractivity contribution in [3.63, 3.8) is 0 Å². The van der Waals surface area contributed by atoms with Crippen molar-refractivity contribution in [3.05, 3.63) is 38.9 Å². The SMILES string of the molecule is CC[C@H](C)NC(=O)[C@@H](C)NC(=O)c1ccc2c(=O)[nH]c(=S)[nH]c2c1. The van der Waals surface area contributed by atoms with Gasteiger partial charge in [0.25, 0.3) is 11.5 Å². The maximum atomic E-state index is 12.3. The molecule has 0 spiro atoms. The molecule has 24 heavy (non-hydrogen) atoms. The normalized spacial score (nSPS) is 13.3. The van der Waals surface area contributed by atoms with Crippen LogP contribution in [0.2, 0.25) is 0 Å². The van der Waals surface area contributed by atoms with Crippen LogP contribution in [0.15, 0.2) is 23.0 Å². The van der Waals surface area contributed by atoms with E-state index in [2.05, 4.69) is 20.6 Å². The van der Waals surface area contributed by atoms with Crippen molar-refractivity contribution in [2.75, 3.05) is 0 Å². The van der Waals surface area contributed by atoms with Crippen molar-refractivity contribution in [2.24, 2.45) is 0 Å². The van der Waals surface area contributed by atoms with Crippen molar-refractivity contribution in [1.82, 2.24) is 20.6 Å². The lowest BCUT2D eigenvalue weighted by atomic mass is 10.1. The molecule has 2 aromatic rings. The zero-order chi connectivity index (χ0) is 17.9. The van der Waals surface area contributed by atoms with Crippen molar-refractivity contribution >= 4 is 34.9 Å². The van der Waals surface area contributed by atoms with Crippen LogP contribution in [-0.2, 0) is 4.79 Å². The van der Waals surface area contributed by atoms with E-state index in [0.717, 1.165) is 6.42 Å². The highest BCUT2D eigenvalue weighted by molar-refractivity contribution is 7.71. The number of hydrogen-bond acceptors (Lipinski definition) is 4. The van der Waals surface area contributed by atoms with Crippen LogP contribution in [0.3, 0.4) is 0 Å². The molecular formula is C16H20N4O3S. The molecule has 0 saturated heterocycles. The first-order chi connectivity index (χ1) is 11.3. The van der Waals surface area contributed by atoms with E-state index in [1.807, 2.05) is 13.8 Å². The summed E-state index contributed by atoms with van der Waals surface area (Å²) in [5.74, 6) is -0.641. The van der Waals surface area contributed by atoms with Gasteiger partial charge in [-0.05, 0) is 50.7 Å². The first-order valence-electron chi connectivity index (χ1n) is 7.69. The maximum Gasteiger partial charge on any atom is 0.259 e. The number of amides is 2. The average Bonchev–Trinajstić information content (AvgIpc) is 2.53. The molecule has 1 heterocycles. The van der Waals surface area contributed by atoms with Gasteiger partial charge >= 0.3 is 0 Å². The van der Waals surface area contributed by atoms with Crippen LogP contribution in [0.1, 0.15) is 37.6 Å². The molecule has 0 aliphatic heterocycles. The second-order valence-corrected chi connectivity index (χ2v) is 6.09. The van der Waals surface area contributed by atoms with Crippen LogP contribution in [0.5, 0.6) is 0 Å². The Morgan fingerprint density at radius 2 is 1.92 bits per heavy atom. The minimum Gasteiger partial charge on any atom is -0.352 e. The molecule has 4 N–H and O–H groups in total. The molecule has 0 bridgehead atoms. The first kappa shape index (κ1) is 17.9. The Labute approximate surface area is 143 Å². The first-order valence-corrected chi connectivity index (χ1v) is 8.10. The second kappa shape index (κ2) is 7.39. The molecular weight excluding hydrogens is 328 g/mol. The summed E-state index contributed by atoms with van der Waals surface area (Å²) in [4.78, 5) is 41.4. The summed E-state index contributed by atoms with van der Waals surface area (Å²) in [6.07, 6.45) is 0.810. The lowest BCUT2D eigenvalue weighted by Crippen LogP contribution is -2.47. The number of carbonyl (C=O) groups is 2. The van der Waals surface area contributed by atoms with Gasteiger partial charge in [0, 0.05) is 11.6 Å². The van der Waals surface area contributed by atoms with Crippen LogP contribution >= 0.6 is 12.2 Å². The Kier molecular flexibility index (Phi) is 5.50. The number of nitrogens with one attached hydrogen (secondary N) is 4. The highest BCUT2D eigenvalue weighted by atomic mass is 32.1.